The molecule has 26 heavy (non-hydrogen) atoms. The van der Waals surface area contributed by atoms with Gasteiger partial charge in [-0.2, -0.15) is 4.31 Å². The van der Waals surface area contributed by atoms with Crippen LogP contribution in [0.4, 0.5) is 0 Å². The van der Waals surface area contributed by atoms with E-state index in [0.717, 1.165) is 30.6 Å². The van der Waals surface area contributed by atoms with Gasteiger partial charge in [-0.25, -0.2) is 8.42 Å². The summed E-state index contributed by atoms with van der Waals surface area (Å²) in [5.74, 6) is 0.988. The third-order valence-electron chi connectivity index (χ3n) is 4.99. The Hall–Kier alpha value is -1.85. The van der Waals surface area contributed by atoms with E-state index < -0.39 is 10.0 Å². The van der Waals surface area contributed by atoms with Crippen molar-refractivity contribution in [1.29, 1.82) is 0 Å². The lowest BCUT2D eigenvalue weighted by Gasteiger charge is -2.24. The van der Waals surface area contributed by atoms with Crippen LogP contribution in [0.15, 0.2) is 53.4 Å². The van der Waals surface area contributed by atoms with Crippen LogP contribution in [0.25, 0.3) is 0 Å². The van der Waals surface area contributed by atoms with Gasteiger partial charge in [0, 0.05) is 13.1 Å². The molecule has 1 fully saturated rings. The second-order valence-electron chi connectivity index (χ2n) is 6.83. The van der Waals surface area contributed by atoms with Crippen molar-refractivity contribution in [2.24, 2.45) is 0 Å². The van der Waals surface area contributed by atoms with E-state index in [0.29, 0.717) is 24.6 Å². The first kappa shape index (κ1) is 18.9. The Kier molecular flexibility index (Phi) is 5.99. The molecule has 0 bridgehead atoms. The van der Waals surface area contributed by atoms with Gasteiger partial charge in [-0.1, -0.05) is 36.8 Å². The Labute approximate surface area is 156 Å². The van der Waals surface area contributed by atoms with Crippen molar-refractivity contribution < 1.29 is 13.2 Å². The highest BCUT2D eigenvalue weighted by Gasteiger charge is 2.29. The summed E-state index contributed by atoms with van der Waals surface area (Å²) in [6.45, 7) is 5.50. The predicted octanol–water partition coefficient (Wildman–Crippen LogP) is 4.35. The van der Waals surface area contributed by atoms with Crippen molar-refractivity contribution >= 4 is 10.0 Å². The summed E-state index contributed by atoms with van der Waals surface area (Å²) in [5, 5.41) is 0. The lowest BCUT2D eigenvalue weighted by atomic mass is 9.95. The number of ether oxygens (including phenoxy) is 1. The van der Waals surface area contributed by atoms with Crippen molar-refractivity contribution in [3.8, 4) is 5.75 Å². The molecule has 0 aliphatic carbocycles. The minimum Gasteiger partial charge on any atom is -0.494 e. The molecule has 0 saturated carbocycles. The van der Waals surface area contributed by atoms with E-state index in [1.54, 1.807) is 22.5 Å². The Morgan fingerprint density at radius 1 is 1.12 bits per heavy atom. The van der Waals surface area contributed by atoms with E-state index in [4.69, 9.17) is 4.74 Å². The normalized spacial score (nSPS) is 19.1. The Morgan fingerprint density at radius 2 is 1.88 bits per heavy atom. The zero-order valence-corrected chi connectivity index (χ0v) is 16.3. The van der Waals surface area contributed by atoms with Gasteiger partial charge in [-0.15, -0.1) is 0 Å². The van der Waals surface area contributed by atoms with E-state index in [9.17, 15) is 8.42 Å². The molecule has 0 N–H and O–H groups in total. The number of sulfonamides is 1. The average Bonchev–Trinajstić information content (AvgIpc) is 2.91. The van der Waals surface area contributed by atoms with Crippen molar-refractivity contribution in [1.82, 2.24) is 4.31 Å². The molecule has 1 heterocycles. The SMILES string of the molecule is CCOc1ccc(S(=O)(=O)N2CCCCC(c3ccccc3)C2)cc1C. The Bertz CT molecular complexity index is 834. The molecule has 1 saturated heterocycles. The molecule has 2 aromatic rings. The van der Waals surface area contributed by atoms with E-state index in [2.05, 4.69) is 12.1 Å². The molecule has 4 nitrogen and oxygen atoms in total. The van der Waals surface area contributed by atoms with Gasteiger partial charge in [0.15, 0.2) is 0 Å². The van der Waals surface area contributed by atoms with Crippen LogP contribution in [0.1, 0.15) is 43.2 Å². The smallest absolute Gasteiger partial charge is 0.243 e. The maximum Gasteiger partial charge on any atom is 0.243 e. The maximum atomic E-state index is 13.2. The standard InChI is InChI=1S/C21H27NO3S/c1-3-25-21-13-12-20(15-17(21)2)26(23,24)22-14-8-7-11-19(16-22)18-9-5-4-6-10-18/h4-6,9-10,12-13,15,19H,3,7-8,11,14,16H2,1-2H3. The van der Waals surface area contributed by atoms with Gasteiger partial charge in [0.05, 0.1) is 11.5 Å². The molecule has 2 aromatic carbocycles. The lowest BCUT2D eigenvalue weighted by molar-refractivity contribution is 0.337. The van der Waals surface area contributed by atoms with E-state index in [1.807, 2.05) is 32.0 Å². The van der Waals surface area contributed by atoms with E-state index in [-0.39, 0.29) is 5.92 Å². The van der Waals surface area contributed by atoms with Crippen LogP contribution in [-0.2, 0) is 10.0 Å². The summed E-state index contributed by atoms with van der Waals surface area (Å²) in [5.41, 5.74) is 2.07. The Morgan fingerprint density at radius 3 is 2.58 bits per heavy atom. The molecular weight excluding hydrogens is 346 g/mol. The summed E-state index contributed by atoms with van der Waals surface area (Å²) in [6, 6.07) is 15.4. The molecule has 5 heteroatoms. The van der Waals surface area contributed by atoms with Crippen LogP contribution >= 0.6 is 0 Å². The second kappa shape index (κ2) is 8.23. The summed E-state index contributed by atoms with van der Waals surface area (Å²) in [4.78, 5) is 0.354. The van der Waals surface area contributed by atoms with Crippen molar-refractivity contribution in [3.63, 3.8) is 0 Å². The minimum atomic E-state index is -3.50. The molecule has 1 aliphatic heterocycles. The van der Waals surface area contributed by atoms with Gasteiger partial charge in [0.25, 0.3) is 0 Å². The van der Waals surface area contributed by atoms with Crippen LogP contribution in [0.5, 0.6) is 5.75 Å². The third-order valence-corrected chi connectivity index (χ3v) is 6.85. The largest absolute Gasteiger partial charge is 0.494 e. The highest BCUT2D eigenvalue weighted by molar-refractivity contribution is 7.89. The summed E-state index contributed by atoms with van der Waals surface area (Å²) in [7, 11) is -3.50. The monoisotopic (exact) mass is 373 g/mol. The van der Waals surface area contributed by atoms with Gasteiger partial charge in [-0.05, 0) is 61.9 Å². The first-order chi connectivity index (χ1) is 12.5. The molecule has 3 rings (SSSR count). The topological polar surface area (TPSA) is 46.6 Å². The fourth-order valence-electron chi connectivity index (χ4n) is 3.57. The number of benzene rings is 2. The molecule has 0 aromatic heterocycles. The average molecular weight is 374 g/mol. The van der Waals surface area contributed by atoms with Crippen LogP contribution in [0, 0.1) is 6.92 Å². The maximum absolute atomic E-state index is 13.2. The second-order valence-corrected chi connectivity index (χ2v) is 8.76. The summed E-state index contributed by atoms with van der Waals surface area (Å²) in [6.07, 6.45) is 2.98. The third kappa shape index (κ3) is 4.10. The van der Waals surface area contributed by atoms with E-state index in [1.165, 1.54) is 5.56 Å². The number of hydrogen-bond donors (Lipinski definition) is 0. The van der Waals surface area contributed by atoms with E-state index >= 15 is 0 Å². The van der Waals surface area contributed by atoms with Crippen LogP contribution in [0.2, 0.25) is 0 Å². The molecule has 1 atom stereocenters. The van der Waals surface area contributed by atoms with Gasteiger partial charge in [0.2, 0.25) is 10.0 Å². The zero-order chi connectivity index (χ0) is 18.6. The molecule has 0 spiro atoms. The van der Waals surface area contributed by atoms with Crippen molar-refractivity contribution in [2.45, 2.75) is 43.9 Å². The number of hydrogen-bond acceptors (Lipinski definition) is 3. The van der Waals surface area contributed by atoms with Crippen molar-refractivity contribution in [2.75, 3.05) is 19.7 Å². The fraction of sp³-hybridized carbons (Fsp3) is 0.429. The van der Waals surface area contributed by atoms with Gasteiger partial charge >= 0.3 is 0 Å². The molecular formula is C21H27NO3S. The molecule has 0 radical (unpaired) electrons. The first-order valence-corrected chi connectivity index (χ1v) is 10.7. The fourth-order valence-corrected chi connectivity index (χ4v) is 5.18. The van der Waals surface area contributed by atoms with Gasteiger partial charge < -0.3 is 4.74 Å². The van der Waals surface area contributed by atoms with Crippen LogP contribution in [0.3, 0.4) is 0 Å². The molecule has 1 unspecified atom stereocenters. The van der Waals surface area contributed by atoms with Gasteiger partial charge in [0.1, 0.15) is 5.75 Å². The molecule has 0 amide bonds. The summed E-state index contributed by atoms with van der Waals surface area (Å²) < 4.78 is 33.6. The zero-order valence-electron chi connectivity index (χ0n) is 15.5. The number of aryl methyl sites for hydroxylation is 1. The van der Waals surface area contributed by atoms with Crippen molar-refractivity contribution in [3.05, 3.63) is 59.7 Å². The number of nitrogens with zero attached hydrogens (tertiary/aromatic N) is 1. The quantitative estimate of drug-likeness (QED) is 0.783. The highest BCUT2D eigenvalue weighted by Crippen LogP contribution is 2.30. The number of rotatable bonds is 5. The lowest BCUT2D eigenvalue weighted by Crippen LogP contribution is -2.34. The Balaban J connectivity index is 1.86. The minimum absolute atomic E-state index is 0.247. The molecule has 140 valence electrons. The summed E-state index contributed by atoms with van der Waals surface area (Å²) >= 11 is 0. The van der Waals surface area contributed by atoms with Crippen LogP contribution in [-0.4, -0.2) is 32.4 Å². The predicted molar refractivity (Wildman–Crippen MR) is 104 cm³/mol. The van der Waals surface area contributed by atoms with Crippen LogP contribution < -0.4 is 4.74 Å². The first-order valence-electron chi connectivity index (χ1n) is 9.31. The molecule has 1 aliphatic rings. The highest BCUT2D eigenvalue weighted by atomic mass is 32.2. The van der Waals surface area contributed by atoms with Gasteiger partial charge in [-0.3, -0.25) is 0 Å².